The first-order valence-electron chi connectivity index (χ1n) is 7.64. The molecule has 0 spiro atoms. The molecule has 5 nitrogen and oxygen atoms in total. The van der Waals surface area contributed by atoms with Crippen LogP contribution in [0.25, 0.3) is 11.3 Å². The Morgan fingerprint density at radius 3 is 2.83 bits per heavy atom. The number of hydrogen-bond donors (Lipinski definition) is 1. The largest absolute Gasteiger partial charge is 0.397 e. The van der Waals surface area contributed by atoms with E-state index in [4.69, 9.17) is 5.73 Å². The lowest BCUT2D eigenvalue weighted by atomic mass is 9.69. The Labute approximate surface area is 138 Å². The number of ketones is 1. The Kier molecular flexibility index (Phi) is 4.05. The number of carbonyl (C=O) groups is 2. The number of fused-ring (bicyclic) bond motifs is 1. The van der Waals surface area contributed by atoms with Crippen LogP contribution in [0.15, 0.2) is 36.5 Å². The zero-order valence-corrected chi connectivity index (χ0v) is 13.2. The first-order chi connectivity index (χ1) is 11.4. The lowest BCUT2D eigenvalue weighted by Crippen LogP contribution is -2.35. The maximum absolute atomic E-state index is 12.7. The zero-order valence-electron chi connectivity index (χ0n) is 13.2. The maximum Gasteiger partial charge on any atom is 0.349 e. The van der Waals surface area contributed by atoms with Crippen molar-refractivity contribution in [3.63, 3.8) is 0 Å². The van der Waals surface area contributed by atoms with Gasteiger partial charge in [-0.1, -0.05) is 19.1 Å². The number of pyridine rings is 1. The van der Waals surface area contributed by atoms with Gasteiger partial charge >= 0.3 is 5.97 Å². The van der Waals surface area contributed by atoms with Crippen LogP contribution in [0, 0.1) is 5.41 Å². The Balaban J connectivity index is 1.92. The monoisotopic (exact) mass is 328 g/mol. The molecule has 2 N–H and O–H groups in total. The van der Waals surface area contributed by atoms with E-state index in [0.29, 0.717) is 24.1 Å². The van der Waals surface area contributed by atoms with E-state index in [2.05, 4.69) is 9.93 Å². The lowest BCUT2D eigenvalue weighted by Gasteiger charge is -2.32. The average Bonchev–Trinajstić information content (AvgIpc) is 2.59. The summed E-state index contributed by atoms with van der Waals surface area (Å²) < 4.78 is 12.0. The van der Waals surface area contributed by atoms with E-state index >= 15 is 0 Å². The Bertz CT molecular complexity index is 804. The molecule has 1 atom stereocenters. The van der Waals surface area contributed by atoms with E-state index in [1.165, 1.54) is 0 Å². The summed E-state index contributed by atoms with van der Waals surface area (Å²) in [6.45, 7) is 1.67. The molecule has 3 rings (SSSR count). The lowest BCUT2D eigenvalue weighted by molar-refractivity contribution is -0.185. The number of hydrogen-bond acceptors (Lipinski definition) is 5. The molecule has 1 heterocycles. The molecule has 0 saturated heterocycles. The predicted octanol–water partition coefficient (Wildman–Crippen LogP) is 3.28. The summed E-state index contributed by atoms with van der Waals surface area (Å²) in [5, 5.41) is 0. The van der Waals surface area contributed by atoms with Crippen molar-refractivity contribution in [2.45, 2.75) is 26.2 Å². The normalized spacial score (nSPS) is 19.7. The fraction of sp³-hybridized carbons (Fsp3) is 0.278. The minimum absolute atomic E-state index is 0.161. The number of nitrogens with zero attached hydrogens (tertiary/aromatic N) is 1. The third-order valence-electron chi connectivity index (χ3n) is 4.55. The highest BCUT2D eigenvalue weighted by Gasteiger charge is 2.40. The number of nitrogens with two attached hydrogens (primary N) is 1. The number of rotatable bonds is 3. The number of aryl methyl sites for hydroxylation is 1. The number of Topliss-reactive ketones (excluding diaryl/α,β-unsaturated/α-hetero) is 1. The summed E-state index contributed by atoms with van der Waals surface area (Å²) in [6.07, 6.45) is 2.41. The van der Waals surface area contributed by atoms with E-state index in [9.17, 15) is 14.1 Å². The quantitative estimate of drug-likeness (QED) is 0.935. The van der Waals surface area contributed by atoms with Crippen molar-refractivity contribution in [1.82, 2.24) is 4.98 Å². The third kappa shape index (κ3) is 2.87. The van der Waals surface area contributed by atoms with Crippen LogP contribution >= 0.6 is 0 Å². The molecule has 0 radical (unpaired) electrons. The van der Waals surface area contributed by atoms with Crippen LogP contribution in [-0.4, -0.2) is 16.7 Å². The number of anilines is 1. The molecular formula is C18H17FN2O3. The minimum atomic E-state index is -1.02. The van der Waals surface area contributed by atoms with Gasteiger partial charge in [-0.2, -0.15) is 0 Å². The fourth-order valence-electron chi connectivity index (χ4n) is 3.12. The highest BCUT2D eigenvalue weighted by molar-refractivity contribution is 6.04. The molecule has 1 unspecified atom stereocenters. The molecule has 0 saturated carbocycles. The van der Waals surface area contributed by atoms with Crippen LogP contribution in [0.4, 0.5) is 10.2 Å². The number of nitrogen functional groups attached to an aromatic ring is 1. The van der Waals surface area contributed by atoms with Gasteiger partial charge in [0.2, 0.25) is 0 Å². The molecule has 0 bridgehead atoms. The van der Waals surface area contributed by atoms with E-state index in [1.807, 2.05) is 18.2 Å². The molecule has 0 amide bonds. The second-order valence-corrected chi connectivity index (χ2v) is 6.36. The minimum Gasteiger partial charge on any atom is -0.397 e. The van der Waals surface area contributed by atoms with Crippen molar-refractivity contribution in [3.05, 3.63) is 47.7 Å². The highest BCUT2D eigenvalue weighted by atomic mass is 19.3. The number of halogens is 1. The number of carbonyl (C=O) groups excluding carboxylic acids is 2. The van der Waals surface area contributed by atoms with Gasteiger partial charge in [0.25, 0.3) is 0 Å². The van der Waals surface area contributed by atoms with Crippen molar-refractivity contribution in [2.24, 2.45) is 5.41 Å². The van der Waals surface area contributed by atoms with Crippen LogP contribution < -0.4 is 5.73 Å². The van der Waals surface area contributed by atoms with Crippen LogP contribution in [0.3, 0.4) is 0 Å². The molecule has 1 aromatic carbocycles. The predicted molar refractivity (Wildman–Crippen MR) is 86.7 cm³/mol. The van der Waals surface area contributed by atoms with Crippen LogP contribution in [-0.2, 0) is 16.2 Å². The summed E-state index contributed by atoms with van der Waals surface area (Å²) in [5.74, 6) is -1.18. The second kappa shape index (κ2) is 6.03. The molecule has 1 aliphatic carbocycles. The Hall–Kier alpha value is -2.76. The van der Waals surface area contributed by atoms with E-state index in [0.717, 1.165) is 16.8 Å². The van der Waals surface area contributed by atoms with Gasteiger partial charge in [-0.05, 0) is 36.6 Å². The van der Waals surface area contributed by atoms with Gasteiger partial charge in [0.15, 0.2) is 5.78 Å². The first kappa shape index (κ1) is 16.1. The molecule has 0 fully saturated rings. The standard InChI is InChI=1S/C18H17FN2O3/c1-18(9-16(22)24-19)7-6-11-8-12(2-4-14(11)17(18)23)15-5-3-13(20)10-21-15/h2-5,8,10H,6-7,9,20H2,1H3. The number of benzene rings is 1. The molecule has 1 aromatic heterocycles. The molecule has 0 aliphatic heterocycles. The highest BCUT2D eigenvalue weighted by Crippen LogP contribution is 2.39. The van der Waals surface area contributed by atoms with Crippen LogP contribution in [0.1, 0.15) is 35.7 Å². The summed E-state index contributed by atoms with van der Waals surface area (Å²) in [7, 11) is 0. The molecule has 24 heavy (non-hydrogen) atoms. The van der Waals surface area contributed by atoms with Gasteiger partial charge in [-0.25, -0.2) is 4.79 Å². The zero-order chi connectivity index (χ0) is 17.3. The Morgan fingerprint density at radius 2 is 2.17 bits per heavy atom. The van der Waals surface area contributed by atoms with Gasteiger partial charge in [0.1, 0.15) is 0 Å². The van der Waals surface area contributed by atoms with E-state index < -0.39 is 11.4 Å². The van der Waals surface area contributed by atoms with Gasteiger partial charge < -0.3 is 5.73 Å². The molecule has 124 valence electrons. The summed E-state index contributed by atoms with van der Waals surface area (Å²) in [6, 6.07) is 9.08. The van der Waals surface area contributed by atoms with E-state index in [1.54, 1.807) is 25.3 Å². The van der Waals surface area contributed by atoms with Crippen molar-refractivity contribution in [2.75, 3.05) is 5.73 Å². The van der Waals surface area contributed by atoms with Crippen molar-refractivity contribution in [3.8, 4) is 11.3 Å². The van der Waals surface area contributed by atoms with Gasteiger partial charge in [-0.3, -0.25) is 14.7 Å². The fourth-order valence-corrected chi connectivity index (χ4v) is 3.12. The SMILES string of the molecule is CC1(CC(=O)OF)CCc2cc(-c3ccc(N)cn3)ccc2C1=O. The van der Waals surface area contributed by atoms with Crippen molar-refractivity contribution in [1.29, 1.82) is 0 Å². The third-order valence-corrected chi connectivity index (χ3v) is 4.55. The summed E-state index contributed by atoms with van der Waals surface area (Å²) in [4.78, 5) is 31.5. The first-order valence-corrected chi connectivity index (χ1v) is 7.64. The molecular weight excluding hydrogens is 311 g/mol. The molecule has 6 heteroatoms. The van der Waals surface area contributed by atoms with Crippen molar-refractivity contribution < 1.29 is 19.1 Å². The van der Waals surface area contributed by atoms with Crippen LogP contribution in [0.5, 0.6) is 0 Å². The van der Waals surface area contributed by atoms with Crippen LogP contribution in [0.2, 0.25) is 0 Å². The summed E-state index contributed by atoms with van der Waals surface area (Å²) in [5.41, 5.74) is 8.43. The van der Waals surface area contributed by atoms with Gasteiger partial charge in [0.05, 0.1) is 24.0 Å². The second-order valence-electron chi connectivity index (χ2n) is 6.36. The topological polar surface area (TPSA) is 82.3 Å². The number of aromatic nitrogens is 1. The van der Waals surface area contributed by atoms with Crippen molar-refractivity contribution >= 4 is 17.4 Å². The maximum atomic E-state index is 12.7. The molecule has 2 aromatic rings. The Morgan fingerprint density at radius 1 is 1.38 bits per heavy atom. The van der Waals surface area contributed by atoms with Gasteiger partial charge in [0, 0.05) is 21.1 Å². The smallest absolute Gasteiger partial charge is 0.349 e. The van der Waals surface area contributed by atoms with Gasteiger partial charge in [-0.15, -0.1) is 0 Å². The van der Waals surface area contributed by atoms with E-state index in [-0.39, 0.29) is 12.2 Å². The summed E-state index contributed by atoms with van der Waals surface area (Å²) >= 11 is 0. The molecule has 1 aliphatic rings. The average molecular weight is 328 g/mol.